The zero-order valence-electron chi connectivity index (χ0n) is 18.7. The molecule has 2 aromatic carbocycles. The number of rotatable bonds is 8. The molecule has 0 amide bonds. The first kappa shape index (κ1) is 23.3. The van der Waals surface area contributed by atoms with Crippen molar-refractivity contribution in [2.24, 2.45) is 0 Å². The molecule has 0 unspecified atom stereocenters. The normalized spacial score (nSPS) is 13.2. The van der Waals surface area contributed by atoms with Gasteiger partial charge >= 0.3 is 5.97 Å². The van der Waals surface area contributed by atoms with Crippen LogP contribution in [0.5, 0.6) is 5.75 Å². The van der Waals surface area contributed by atoms with Gasteiger partial charge in [0.15, 0.2) is 0 Å². The quantitative estimate of drug-likeness (QED) is 0.490. The van der Waals surface area contributed by atoms with Gasteiger partial charge in [-0.2, -0.15) is 8.42 Å². The number of nitrogens with zero attached hydrogens (tertiary/aromatic N) is 2. The SMILES string of the molecule is Cc1csc(S(=O)(=O)N(c2cc3c(cc2OCc2ccc(C(=O)O)cc2)CCC3)C(C)C)n1. The fourth-order valence-corrected chi connectivity index (χ4v) is 6.78. The number of aromatic nitrogens is 1. The lowest BCUT2D eigenvalue weighted by Gasteiger charge is -2.29. The number of fused-ring (bicyclic) bond motifs is 1. The first-order valence-corrected chi connectivity index (χ1v) is 13.1. The van der Waals surface area contributed by atoms with Gasteiger partial charge in [0.1, 0.15) is 12.4 Å². The zero-order chi connectivity index (χ0) is 23.8. The van der Waals surface area contributed by atoms with E-state index in [2.05, 4.69) is 4.98 Å². The molecule has 33 heavy (non-hydrogen) atoms. The monoisotopic (exact) mass is 486 g/mol. The molecule has 0 fully saturated rings. The highest BCUT2D eigenvalue weighted by atomic mass is 32.2. The number of hydrogen-bond acceptors (Lipinski definition) is 6. The number of aromatic carboxylic acids is 1. The summed E-state index contributed by atoms with van der Waals surface area (Å²) in [5.74, 6) is -0.498. The average molecular weight is 487 g/mol. The summed E-state index contributed by atoms with van der Waals surface area (Å²) >= 11 is 1.11. The molecule has 1 heterocycles. The number of anilines is 1. The number of benzene rings is 2. The molecule has 0 radical (unpaired) electrons. The number of carboxylic acid groups (broad SMARTS) is 1. The van der Waals surface area contributed by atoms with Gasteiger partial charge in [0.2, 0.25) is 4.34 Å². The highest BCUT2D eigenvalue weighted by Crippen LogP contribution is 2.40. The molecule has 0 aliphatic heterocycles. The van der Waals surface area contributed by atoms with Crippen LogP contribution in [-0.2, 0) is 29.5 Å². The van der Waals surface area contributed by atoms with Crippen molar-refractivity contribution in [1.82, 2.24) is 4.98 Å². The minimum atomic E-state index is -3.88. The Kier molecular flexibility index (Phi) is 6.45. The van der Waals surface area contributed by atoms with Crippen molar-refractivity contribution in [3.05, 3.63) is 69.7 Å². The van der Waals surface area contributed by atoms with Gasteiger partial charge in [-0.25, -0.2) is 9.78 Å². The molecule has 0 saturated heterocycles. The molecule has 0 bridgehead atoms. The first-order valence-electron chi connectivity index (χ1n) is 10.7. The Morgan fingerprint density at radius 1 is 1.18 bits per heavy atom. The molecule has 9 heteroatoms. The number of aryl methyl sites for hydroxylation is 3. The summed E-state index contributed by atoms with van der Waals surface area (Å²) in [6.45, 7) is 5.63. The molecule has 0 atom stereocenters. The van der Waals surface area contributed by atoms with Gasteiger partial charge in [-0.1, -0.05) is 12.1 Å². The molecule has 3 aromatic rings. The smallest absolute Gasteiger partial charge is 0.335 e. The molecule has 174 valence electrons. The van der Waals surface area contributed by atoms with Crippen molar-refractivity contribution < 1.29 is 23.1 Å². The van der Waals surface area contributed by atoms with E-state index >= 15 is 0 Å². The summed E-state index contributed by atoms with van der Waals surface area (Å²) in [6.07, 6.45) is 2.86. The maximum atomic E-state index is 13.6. The number of thiazole rings is 1. The van der Waals surface area contributed by atoms with E-state index in [-0.39, 0.29) is 22.6 Å². The van der Waals surface area contributed by atoms with Crippen LogP contribution in [0, 0.1) is 6.92 Å². The molecular formula is C24H26N2O5S2. The number of sulfonamides is 1. The molecule has 1 aliphatic rings. The van der Waals surface area contributed by atoms with Gasteiger partial charge in [-0.3, -0.25) is 4.31 Å². The Labute approximate surface area is 197 Å². The maximum absolute atomic E-state index is 13.6. The summed E-state index contributed by atoms with van der Waals surface area (Å²) < 4.78 is 34.8. The Balaban J connectivity index is 1.72. The molecule has 1 aliphatic carbocycles. The number of carboxylic acids is 1. The van der Waals surface area contributed by atoms with Crippen LogP contribution in [0.3, 0.4) is 0 Å². The van der Waals surface area contributed by atoms with Crippen LogP contribution in [0.2, 0.25) is 0 Å². The largest absolute Gasteiger partial charge is 0.487 e. The first-order chi connectivity index (χ1) is 15.7. The molecule has 1 aromatic heterocycles. The topological polar surface area (TPSA) is 96.8 Å². The summed E-state index contributed by atoms with van der Waals surface area (Å²) in [5.41, 5.74) is 4.47. The Morgan fingerprint density at radius 2 is 1.85 bits per heavy atom. The Hall–Kier alpha value is -2.91. The van der Waals surface area contributed by atoms with Crippen LogP contribution in [-0.4, -0.2) is 30.5 Å². The third-order valence-electron chi connectivity index (χ3n) is 5.55. The van der Waals surface area contributed by atoms with Crippen LogP contribution >= 0.6 is 11.3 Å². The highest BCUT2D eigenvalue weighted by molar-refractivity contribution is 7.94. The van der Waals surface area contributed by atoms with Gasteiger partial charge in [-0.05, 0) is 81.0 Å². The summed E-state index contributed by atoms with van der Waals surface area (Å²) in [4.78, 5) is 15.3. The lowest BCUT2D eigenvalue weighted by molar-refractivity contribution is 0.0697. The molecule has 4 rings (SSSR count). The van der Waals surface area contributed by atoms with Crippen LogP contribution in [0.4, 0.5) is 5.69 Å². The zero-order valence-corrected chi connectivity index (χ0v) is 20.4. The highest BCUT2D eigenvalue weighted by Gasteiger charge is 2.33. The number of ether oxygens (including phenoxy) is 1. The number of hydrogen-bond donors (Lipinski definition) is 1. The van der Waals surface area contributed by atoms with E-state index in [1.807, 2.05) is 26.0 Å². The second-order valence-electron chi connectivity index (χ2n) is 8.38. The van der Waals surface area contributed by atoms with Crippen LogP contribution in [0.15, 0.2) is 46.1 Å². The average Bonchev–Trinajstić information content (AvgIpc) is 3.40. The van der Waals surface area contributed by atoms with E-state index in [1.165, 1.54) is 22.0 Å². The van der Waals surface area contributed by atoms with Gasteiger partial charge in [0.25, 0.3) is 10.0 Å². The molecule has 0 saturated carbocycles. The van der Waals surface area contributed by atoms with Crippen molar-refractivity contribution in [2.75, 3.05) is 4.31 Å². The second-order valence-corrected chi connectivity index (χ2v) is 11.2. The fourth-order valence-electron chi connectivity index (χ4n) is 4.00. The van der Waals surface area contributed by atoms with E-state index in [0.717, 1.165) is 41.7 Å². The van der Waals surface area contributed by atoms with Gasteiger partial charge in [0.05, 0.1) is 11.3 Å². The van der Waals surface area contributed by atoms with E-state index in [9.17, 15) is 13.2 Å². The number of carbonyl (C=O) groups is 1. The van der Waals surface area contributed by atoms with E-state index in [0.29, 0.717) is 17.1 Å². The standard InChI is InChI=1S/C24H26N2O5S2/c1-15(2)26(33(29,30)24-25-16(3)14-32-24)21-11-19-5-4-6-20(19)12-22(21)31-13-17-7-9-18(10-8-17)23(27)28/h7-12,14-15H,4-6,13H2,1-3H3,(H,27,28). The lowest BCUT2D eigenvalue weighted by Crippen LogP contribution is -2.37. The van der Waals surface area contributed by atoms with Crippen LogP contribution in [0.1, 0.15) is 53.0 Å². The van der Waals surface area contributed by atoms with Crippen molar-refractivity contribution in [1.29, 1.82) is 0 Å². The van der Waals surface area contributed by atoms with Crippen molar-refractivity contribution in [3.8, 4) is 5.75 Å². The summed E-state index contributed by atoms with van der Waals surface area (Å²) in [5, 5.41) is 10.8. The third-order valence-corrected chi connectivity index (χ3v) is 8.89. The van der Waals surface area contributed by atoms with Gasteiger partial charge in [-0.15, -0.1) is 11.3 Å². The Bertz CT molecular complexity index is 1280. The lowest BCUT2D eigenvalue weighted by atomic mass is 10.1. The van der Waals surface area contributed by atoms with Crippen molar-refractivity contribution in [3.63, 3.8) is 0 Å². The van der Waals surface area contributed by atoms with Crippen LogP contribution in [0.25, 0.3) is 0 Å². The van der Waals surface area contributed by atoms with Gasteiger partial charge in [0, 0.05) is 17.1 Å². The fraction of sp³-hybridized carbons (Fsp3) is 0.333. The van der Waals surface area contributed by atoms with E-state index in [1.54, 1.807) is 24.4 Å². The summed E-state index contributed by atoms with van der Waals surface area (Å²) in [6, 6.07) is 9.98. The summed E-state index contributed by atoms with van der Waals surface area (Å²) in [7, 11) is -3.88. The van der Waals surface area contributed by atoms with E-state index < -0.39 is 16.0 Å². The van der Waals surface area contributed by atoms with E-state index in [4.69, 9.17) is 9.84 Å². The van der Waals surface area contributed by atoms with Crippen LogP contribution < -0.4 is 9.04 Å². The molecular weight excluding hydrogens is 460 g/mol. The molecule has 7 nitrogen and oxygen atoms in total. The third kappa shape index (κ3) is 4.74. The maximum Gasteiger partial charge on any atom is 0.335 e. The Morgan fingerprint density at radius 3 is 2.42 bits per heavy atom. The molecule has 0 spiro atoms. The second kappa shape index (κ2) is 9.15. The van der Waals surface area contributed by atoms with Gasteiger partial charge < -0.3 is 9.84 Å². The van der Waals surface area contributed by atoms with Crippen molar-refractivity contribution >= 4 is 33.0 Å². The predicted octanol–water partition coefficient (Wildman–Crippen LogP) is 4.82. The minimum Gasteiger partial charge on any atom is -0.487 e. The van der Waals surface area contributed by atoms with Crippen molar-refractivity contribution in [2.45, 2.75) is 57.0 Å². The minimum absolute atomic E-state index is 0.0596. The predicted molar refractivity (Wildman–Crippen MR) is 128 cm³/mol. The molecule has 1 N–H and O–H groups in total.